The third-order valence-corrected chi connectivity index (χ3v) is 3.85. The number of hydrogen-bond donors (Lipinski definition) is 0. The van der Waals surface area contributed by atoms with Crippen molar-refractivity contribution in [1.29, 1.82) is 0 Å². The summed E-state index contributed by atoms with van der Waals surface area (Å²) in [6.07, 6.45) is 2.98. The first-order chi connectivity index (χ1) is 8.56. The Labute approximate surface area is 115 Å². The molecule has 2 aromatic rings. The van der Waals surface area contributed by atoms with Gasteiger partial charge in [0.1, 0.15) is 0 Å². The van der Waals surface area contributed by atoms with Crippen LogP contribution in [-0.4, -0.2) is 5.78 Å². The number of halogens is 3. The minimum Gasteiger partial charge on any atom is -0.289 e. The Balaban J connectivity index is 2.16. The predicted molar refractivity (Wildman–Crippen MR) is 71.7 cm³/mol. The molecule has 1 aromatic carbocycles. The number of carbonyl (C=O) groups excluding carboxylic acids is 1. The molecule has 1 nitrogen and oxygen atoms in total. The Morgan fingerprint density at radius 3 is 2.61 bits per heavy atom. The maximum atomic E-state index is 13.0. The van der Waals surface area contributed by atoms with Crippen LogP contribution in [0, 0.1) is 11.6 Å². The van der Waals surface area contributed by atoms with Crippen molar-refractivity contribution in [3.63, 3.8) is 0 Å². The van der Waals surface area contributed by atoms with Gasteiger partial charge in [0.2, 0.25) is 0 Å². The number of ketones is 1. The van der Waals surface area contributed by atoms with Crippen LogP contribution >= 0.6 is 27.3 Å². The van der Waals surface area contributed by atoms with Gasteiger partial charge in [-0.1, -0.05) is 0 Å². The van der Waals surface area contributed by atoms with E-state index >= 15 is 0 Å². The van der Waals surface area contributed by atoms with E-state index in [2.05, 4.69) is 15.9 Å². The van der Waals surface area contributed by atoms with Crippen LogP contribution < -0.4 is 0 Å². The molecule has 0 aliphatic rings. The van der Waals surface area contributed by atoms with Gasteiger partial charge in [-0.05, 0) is 52.3 Å². The van der Waals surface area contributed by atoms with E-state index in [1.165, 1.54) is 23.5 Å². The topological polar surface area (TPSA) is 17.1 Å². The van der Waals surface area contributed by atoms with Crippen LogP contribution in [-0.2, 0) is 0 Å². The molecule has 1 aromatic heterocycles. The van der Waals surface area contributed by atoms with Gasteiger partial charge in [0.05, 0.1) is 0 Å². The highest BCUT2D eigenvalue weighted by Crippen LogP contribution is 2.21. The average Bonchev–Trinajstić information content (AvgIpc) is 2.75. The summed E-state index contributed by atoms with van der Waals surface area (Å²) in [6.45, 7) is 0. The van der Waals surface area contributed by atoms with E-state index < -0.39 is 11.6 Å². The lowest BCUT2D eigenvalue weighted by atomic mass is 10.1. The summed E-state index contributed by atoms with van der Waals surface area (Å²) in [5.41, 5.74) is 0.126. The van der Waals surface area contributed by atoms with Crippen LogP contribution in [0.15, 0.2) is 40.2 Å². The molecule has 0 aliphatic heterocycles. The molecular formula is C13H7BrF2OS. The summed E-state index contributed by atoms with van der Waals surface area (Å²) in [4.78, 5) is 12.6. The zero-order valence-electron chi connectivity index (χ0n) is 8.99. The fourth-order valence-electron chi connectivity index (χ4n) is 1.32. The van der Waals surface area contributed by atoms with E-state index in [0.717, 1.165) is 21.5 Å². The first kappa shape index (κ1) is 13.1. The minimum atomic E-state index is -1.02. The zero-order valence-corrected chi connectivity index (χ0v) is 11.4. The fraction of sp³-hybridized carbons (Fsp3) is 0. The maximum absolute atomic E-state index is 13.0. The maximum Gasteiger partial charge on any atom is 0.185 e. The van der Waals surface area contributed by atoms with Gasteiger partial charge in [-0.15, -0.1) is 11.3 Å². The minimum absolute atomic E-state index is 0.126. The molecule has 5 heteroatoms. The van der Waals surface area contributed by atoms with E-state index in [4.69, 9.17) is 0 Å². The smallest absolute Gasteiger partial charge is 0.185 e. The van der Waals surface area contributed by atoms with Crippen molar-refractivity contribution in [2.75, 3.05) is 0 Å². The molecule has 1 heterocycles. The lowest BCUT2D eigenvalue weighted by molar-refractivity contribution is 0.104. The molecule has 0 atom stereocenters. The highest BCUT2D eigenvalue weighted by Gasteiger charge is 2.07. The molecule has 0 N–H and O–H groups in total. The van der Waals surface area contributed by atoms with E-state index in [1.54, 1.807) is 6.08 Å². The van der Waals surface area contributed by atoms with Gasteiger partial charge >= 0.3 is 0 Å². The molecule has 18 heavy (non-hydrogen) atoms. The summed E-state index contributed by atoms with van der Waals surface area (Å²) in [6, 6.07) is 4.96. The van der Waals surface area contributed by atoms with Crippen molar-refractivity contribution in [3.8, 4) is 0 Å². The van der Waals surface area contributed by atoms with Crippen LogP contribution in [0.5, 0.6) is 0 Å². The molecule has 0 bridgehead atoms. The summed E-state index contributed by atoms with van der Waals surface area (Å²) in [7, 11) is 0. The van der Waals surface area contributed by atoms with E-state index in [9.17, 15) is 13.6 Å². The van der Waals surface area contributed by atoms with Crippen molar-refractivity contribution in [2.45, 2.75) is 0 Å². The third kappa shape index (κ3) is 3.11. The number of benzene rings is 1. The largest absolute Gasteiger partial charge is 0.289 e. The van der Waals surface area contributed by atoms with Crippen LogP contribution in [0.4, 0.5) is 8.78 Å². The van der Waals surface area contributed by atoms with E-state index in [-0.39, 0.29) is 11.3 Å². The molecule has 0 saturated heterocycles. The van der Waals surface area contributed by atoms with Gasteiger partial charge in [-0.25, -0.2) is 8.78 Å². The molecule has 0 unspecified atom stereocenters. The number of hydrogen-bond acceptors (Lipinski definition) is 2. The lowest BCUT2D eigenvalue weighted by Crippen LogP contribution is -1.96. The normalized spacial score (nSPS) is 11.1. The van der Waals surface area contributed by atoms with Gasteiger partial charge in [0.15, 0.2) is 17.4 Å². The summed E-state index contributed by atoms with van der Waals surface area (Å²) in [5, 5.41) is 1.89. The number of thiophene rings is 1. The Morgan fingerprint density at radius 1 is 1.22 bits per heavy atom. The lowest BCUT2D eigenvalue weighted by Gasteiger charge is -1.96. The Morgan fingerprint density at radius 2 is 2.00 bits per heavy atom. The van der Waals surface area contributed by atoms with Gasteiger partial charge in [0, 0.05) is 20.3 Å². The molecule has 92 valence electrons. The Kier molecular flexibility index (Phi) is 4.04. The van der Waals surface area contributed by atoms with Gasteiger partial charge in [0.25, 0.3) is 0 Å². The molecule has 0 amide bonds. The molecule has 0 radical (unpaired) electrons. The molecule has 0 saturated carbocycles. The summed E-state index contributed by atoms with van der Waals surface area (Å²) in [5.74, 6) is -2.34. The van der Waals surface area contributed by atoms with Crippen molar-refractivity contribution < 1.29 is 13.6 Å². The Hall–Kier alpha value is -1.33. The van der Waals surface area contributed by atoms with Crippen molar-refractivity contribution in [3.05, 3.63) is 62.3 Å². The second-order valence-electron chi connectivity index (χ2n) is 3.49. The molecule has 0 fully saturated rings. The third-order valence-electron chi connectivity index (χ3n) is 2.19. The highest BCUT2D eigenvalue weighted by molar-refractivity contribution is 9.10. The standard InChI is InChI=1S/C13H7BrF2OS/c14-9-6-10(18-7-9)2-4-13(17)8-1-3-11(15)12(16)5-8/h1-7H/b4-2+. The van der Waals surface area contributed by atoms with E-state index in [0.29, 0.717) is 0 Å². The monoisotopic (exact) mass is 328 g/mol. The van der Waals surface area contributed by atoms with Gasteiger partial charge in [-0.2, -0.15) is 0 Å². The fourth-order valence-corrected chi connectivity index (χ4v) is 2.66. The van der Waals surface area contributed by atoms with Crippen LogP contribution in [0.3, 0.4) is 0 Å². The quantitative estimate of drug-likeness (QED) is 0.590. The molecule has 2 rings (SSSR count). The van der Waals surface area contributed by atoms with Crippen molar-refractivity contribution >= 4 is 39.1 Å². The van der Waals surface area contributed by atoms with Crippen LogP contribution in [0.2, 0.25) is 0 Å². The molecular weight excluding hydrogens is 322 g/mol. The first-order valence-corrected chi connectivity index (χ1v) is 6.65. The average molecular weight is 329 g/mol. The zero-order chi connectivity index (χ0) is 13.1. The summed E-state index contributed by atoms with van der Waals surface area (Å²) < 4.78 is 26.6. The van der Waals surface area contributed by atoms with E-state index in [1.807, 2.05) is 11.4 Å². The van der Waals surface area contributed by atoms with Crippen LogP contribution in [0.25, 0.3) is 6.08 Å². The Bertz CT molecular complexity index is 619. The predicted octanol–water partition coefficient (Wildman–Crippen LogP) is 4.68. The van der Waals surface area contributed by atoms with Gasteiger partial charge < -0.3 is 0 Å². The highest BCUT2D eigenvalue weighted by atomic mass is 79.9. The SMILES string of the molecule is O=C(/C=C/c1cc(Br)cs1)c1ccc(F)c(F)c1. The number of rotatable bonds is 3. The van der Waals surface area contributed by atoms with Crippen molar-refractivity contribution in [1.82, 2.24) is 0 Å². The first-order valence-electron chi connectivity index (χ1n) is 4.98. The molecule has 0 aliphatic carbocycles. The van der Waals surface area contributed by atoms with Gasteiger partial charge in [-0.3, -0.25) is 4.79 Å². The molecule has 0 spiro atoms. The second kappa shape index (κ2) is 5.54. The summed E-state index contributed by atoms with van der Waals surface area (Å²) >= 11 is 4.77. The second-order valence-corrected chi connectivity index (χ2v) is 5.35. The van der Waals surface area contributed by atoms with Crippen molar-refractivity contribution in [2.24, 2.45) is 0 Å². The number of allylic oxidation sites excluding steroid dienone is 1. The number of carbonyl (C=O) groups is 1. The van der Waals surface area contributed by atoms with Crippen LogP contribution in [0.1, 0.15) is 15.2 Å².